The summed E-state index contributed by atoms with van der Waals surface area (Å²) < 4.78 is 14.7. The van der Waals surface area contributed by atoms with Gasteiger partial charge in [0, 0.05) is 0 Å². The van der Waals surface area contributed by atoms with E-state index in [1.807, 2.05) is 0 Å². The summed E-state index contributed by atoms with van der Waals surface area (Å²) in [5.74, 6) is -1.42. The molecule has 0 amide bonds. The van der Waals surface area contributed by atoms with Crippen molar-refractivity contribution in [1.29, 1.82) is 0 Å². The number of carbonyl (C=O) groups excluding carboxylic acids is 3. The van der Waals surface area contributed by atoms with Crippen molar-refractivity contribution in [2.45, 2.75) is 109 Å². The van der Waals surface area contributed by atoms with E-state index in [1.54, 1.807) is 0 Å². The summed E-state index contributed by atoms with van der Waals surface area (Å²) in [5.41, 5.74) is 0. The first kappa shape index (κ1) is 26.1. The van der Waals surface area contributed by atoms with Crippen molar-refractivity contribution in [3.05, 3.63) is 0 Å². The molecule has 0 saturated heterocycles. The summed E-state index contributed by atoms with van der Waals surface area (Å²) in [6, 6.07) is 0. The number of hydrogen-bond acceptors (Lipinski definition) is 6. The molecule has 0 unspecified atom stereocenters. The molecule has 0 heterocycles. The van der Waals surface area contributed by atoms with Crippen molar-refractivity contribution in [1.82, 2.24) is 0 Å². The van der Waals surface area contributed by atoms with E-state index in [9.17, 15) is 14.4 Å². The number of rotatable bonds is 6. The average Bonchev–Trinajstić information content (AvgIpc) is 2.75. The third-order valence-electron chi connectivity index (χ3n) is 6.65. The zero-order chi connectivity index (χ0) is 22.5. The topological polar surface area (TPSA) is 78.9 Å². The van der Waals surface area contributed by atoms with Crippen LogP contribution < -0.4 is 0 Å². The number of halogens is 3. The van der Waals surface area contributed by atoms with Crippen molar-refractivity contribution in [2.24, 2.45) is 0 Å². The summed E-state index contributed by atoms with van der Waals surface area (Å²) in [7, 11) is 0. The van der Waals surface area contributed by atoms with Gasteiger partial charge >= 0.3 is 217 Å². The van der Waals surface area contributed by atoms with E-state index in [1.165, 1.54) is 0 Å². The number of alkyl halides is 3. The monoisotopic (exact) mass is 684 g/mol. The molecule has 6 nitrogen and oxygen atoms in total. The maximum atomic E-state index is 13.0. The van der Waals surface area contributed by atoms with Gasteiger partial charge in [0.1, 0.15) is 0 Å². The Labute approximate surface area is 215 Å². The molecule has 3 aliphatic rings. The number of hydrogen-bond donors (Lipinski definition) is 0. The van der Waals surface area contributed by atoms with Crippen molar-refractivity contribution >= 4 is 83.0 Å². The minimum absolute atomic E-state index is 0.475. The minimum atomic E-state index is -3.98. The first-order chi connectivity index (χ1) is 14.7. The van der Waals surface area contributed by atoms with Crippen LogP contribution in [0.25, 0.3) is 0 Å². The van der Waals surface area contributed by atoms with E-state index in [4.69, 9.17) is 10.6 Å². The summed E-state index contributed by atoms with van der Waals surface area (Å²) in [6.07, 6.45) is 12.7. The van der Waals surface area contributed by atoms with Gasteiger partial charge < -0.3 is 0 Å². The molecule has 0 radical (unpaired) electrons. The molecule has 0 aromatic heterocycles. The second-order valence-electron chi connectivity index (χ2n) is 9.08. The quantitative estimate of drug-likeness (QED) is 0.256. The van der Waals surface area contributed by atoms with E-state index in [0.29, 0.717) is 38.5 Å². The molecule has 0 aromatic rings. The van der Waals surface area contributed by atoms with Crippen LogP contribution in [-0.4, -0.2) is 48.2 Å². The SMILES string of the molecule is O=C([O][Ga]([O]C(=O)C1(Br)CCCCC1)[O]C(=O)C1(Br)CCCCC1)C1(Br)CCCCC1. The molecule has 10 heteroatoms. The fourth-order valence-corrected chi connectivity index (χ4v) is 10.5. The molecule has 3 saturated carbocycles. The van der Waals surface area contributed by atoms with E-state index >= 15 is 0 Å². The van der Waals surface area contributed by atoms with Crippen LogP contribution in [0.5, 0.6) is 0 Å². The fourth-order valence-electron chi connectivity index (χ4n) is 4.60. The Bertz CT molecular complexity index is 580. The third kappa shape index (κ3) is 6.76. The molecule has 3 rings (SSSR count). The molecule has 174 valence electrons. The van der Waals surface area contributed by atoms with Crippen molar-refractivity contribution < 1.29 is 25.0 Å². The van der Waals surface area contributed by atoms with Crippen molar-refractivity contribution in [2.75, 3.05) is 0 Å². The Morgan fingerprint density at radius 1 is 0.484 bits per heavy atom. The van der Waals surface area contributed by atoms with Crippen LogP contribution in [0.1, 0.15) is 96.3 Å². The van der Waals surface area contributed by atoms with Crippen molar-refractivity contribution in [3.8, 4) is 0 Å². The first-order valence-electron chi connectivity index (χ1n) is 11.4. The van der Waals surface area contributed by atoms with E-state index in [0.717, 1.165) is 57.8 Å². The molecule has 0 N–H and O–H groups in total. The average molecular weight is 688 g/mol. The molecule has 31 heavy (non-hydrogen) atoms. The first-order valence-corrected chi connectivity index (χ1v) is 16.7. The van der Waals surface area contributed by atoms with Crippen LogP contribution >= 0.6 is 47.8 Å². The van der Waals surface area contributed by atoms with Crippen LogP contribution in [0, 0.1) is 0 Å². The second kappa shape index (κ2) is 11.3. The Hall–Kier alpha value is 0.486. The molecule has 0 aromatic carbocycles. The Balaban J connectivity index is 1.71. The fraction of sp³-hybridized carbons (Fsp3) is 0.857. The van der Waals surface area contributed by atoms with Gasteiger partial charge in [-0.1, -0.05) is 0 Å². The molecule has 3 fully saturated rings. The molecule has 0 bridgehead atoms. The zero-order valence-electron chi connectivity index (χ0n) is 17.8. The second-order valence-corrected chi connectivity index (χ2v) is 16.3. The molecule has 0 atom stereocenters. The van der Waals surface area contributed by atoms with E-state index in [-0.39, 0.29) is 0 Å². The zero-order valence-corrected chi connectivity index (χ0v) is 24.9. The van der Waals surface area contributed by atoms with Crippen LogP contribution in [0.2, 0.25) is 0 Å². The van der Waals surface area contributed by atoms with Gasteiger partial charge in [-0.15, -0.1) is 0 Å². The van der Waals surface area contributed by atoms with Gasteiger partial charge in [0.15, 0.2) is 0 Å². The summed E-state index contributed by atoms with van der Waals surface area (Å²) >= 11 is 6.68. The molecule has 0 aliphatic heterocycles. The van der Waals surface area contributed by atoms with Crippen LogP contribution in [0.3, 0.4) is 0 Å². The van der Waals surface area contributed by atoms with Crippen molar-refractivity contribution in [3.63, 3.8) is 0 Å². The number of carbonyl (C=O) groups is 3. The molecular formula is C21H30Br3GaO6. The Morgan fingerprint density at radius 2 is 0.710 bits per heavy atom. The predicted octanol–water partition coefficient (Wildman–Crippen LogP) is 5.89. The standard InChI is InChI=1S/3C7H11BrO2.Ga/c3*8-7(6(9)10)4-2-1-3-5-7;/h3*1-5H2,(H,9,10);/q;;;+3/p-3. The Morgan fingerprint density at radius 3 is 0.935 bits per heavy atom. The van der Waals surface area contributed by atoms with E-state index < -0.39 is 48.2 Å². The van der Waals surface area contributed by atoms with Gasteiger partial charge in [0.05, 0.1) is 0 Å². The van der Waals surface area contributed by atoms with Gasteiger partial charge in [0.2, 0.25) is 0 Å². The molecule has 0 spiro atoms. The summed E-state index contributed by atoms with van der Waals surface area (Å²) in [5, 5.41) is 0. The van der Waals surface area contributed by atoms with Crippen LogP contribution in [0.15, 0.2) is 0 Å². The van der Waals surface area contributed by atoms with Gasteiger partial charge in [0.25, 0.3) is 0 Å². The molecular weight excluding hydrogens is 658 g/mol. The normalized spacial score (nSPS) is 24.5. The summed E-state index contributed by atoms with van der Waals surface area (Å²) in [4.78, 5) is 38.9. The summed E-state index contributed by atoms with van der Waals surface area (Å²) in [6.45, 7) is 0. The van der Waals surface area contributed by atoms with Gasteiger partial charge in [-0.3, -0.25) is 0 Å². The van der Waals surface area contributed by atoms with Crippen LogP contribution in [0.4, 0.5) is 0 Å². The predicted molar refractivity (Wildman–Crippen MR) is 128 cm³/mol. The molecule has 3 aliphatic carbocycles. The maximum absolute atomic E-state index is 13.0. The third-order valence-corrected chi connectivity index (χ3v) is 12.6. The van der Waals surface area contributed by atoms with Gasteiger partial charge in [-0.2, -0.15) is 0 Å². The van der Waals surface area contributed by atoms with Gasteiger partial charge in [-0.25, -0.2) is 0 Å². The van der Waals surface area contributed by atoms with E-state index in [2.05, 4.69) is 47.8 Å². The Kier molecular flexibility index (Phi) is 9.49. The van der Waals surface area contributed by atoms with Crippen LogP contribution in [-0.2, 0) is 25.0 Å². The van der Waals surface area contributed by atoms with Gasteiger partial charge in [-0.05, 0) is 0 Å².